The first-order valence-corrected chi connectivity index (χ1v) is 7.75. The second-order valence-corrected chi connectivity index (χ2v) is 5.72. The summed E-state index contributed by atoms with van der Waals surface area (Å²) in [5.74, 6) is 0.901. The van der Waals surface area contributed by atoms with E-state index in [4.69, 9.17) is 16.3 Å². The molecule has 0 heterocycles. The highest BCUT2D eigenvalue weighted by Gasteiger charge is 2.07. The molecule has 2 aromatic rings. The average molecular weight is 304 g/mol. The number of benzene rings is 2. The Kier molecular flexibility index (Phi) is 5.51. The van der Waals surface area contributed by atoms with Gasteiger partial charge in [0, 0.05) is 22.8 Å². The maximum absolute atomic E-state index is 5.92. The summed E-state index contributed by atoms with van der Waals surface area (Å²) in [4.78, 5) is 0. The predicted molar refractivity (Wildman–Crippen MR) is 90.3 cm³/mol. The lowest BCUT2D eigenvalue weighted by Crippen LogP contribution is -2.10. The van der Waals surface area contributed by atoms with Gasteiger partial charge >= 0.3 is 0 Å². The molecule has 0 aliphatic carbocycles. The van der Waals surface area contributed by atoms with E-state index >= 15 is 0 Å². The van der Waals surface area contributed by atoms with Crippen LogP contribution in [0.3, 0.4) is 0 Å². The molecule has 2 nitrogen and oxygen atoms in total. The van der Waals surface area contributed by atoms with Crippen molar-refractivity contribution in [3.05, 3.63) is 59.1 Å². The van der Waals surface area contributed by atoms with Crippen LogP contribution in [0.25, 0.3) is 0 Å². The zero-order valence-electron chi connectivity index (χ0n) is 12.8. The van der Waals surface area contributed by atoms with E-state index in [0.717, 1.165) is 22.9 Å². The van der Waals surface area contributed by atoms with Crippen molar-refractivity contribution in [2.24, 2.45) is 0 Å². The van der Waals surface area contributed by atoms with Gasteiger partial charge in [0.05, 0.1) is 6.10 Å². The van der Waals surface area contributed by atoms with Crippen molar-refractivity contribution in [3.63, 3.8) is 0 Å². The monoisotopic (exact) mass is 303 g/mol. The van der Waals surface area contributed by atoms with Gasteiger partial charge in [-0.2, -0.15) is 0 Å². The van der Waals surface area contributed by atoms with E-state index in [2.05, 4.69) is 32.2 Å². The Morgan fingerprint density at radius 3 is 2.48 bits per heavy atom. The number of ether oxygens (including phenoxy) is 1. The molecule has 3 heteroatoms. The van der Waals surface area contributed by atoms with Crippen LogP contribution in [0.5, 0.6) is 5.75 Å². The van der Waals surface area contributed by atoms with E-state index in [-0.39, 0.29) is 12.1 Å². The molecule has 0 aromatic heterocycles. The third-order valence-electron chi connectivity index (χ3n) is 3.50. The third kappa shape index (κ3) is 4.68. The molecule has 0 aliphatic heterocycles. The normalized spacial score (nSPS) is 13.5. The highest BCUT2D eigenvalue weighted by molar-refractivity contribution is 6.30. The van der Waals surface area contributed by atoms with Crippen molar-refractivity contribution in [3.8, 4) is 5.75 Å². The van der Waals surface area contributed by atoms with Gasteiger partial charge < -0.3 is 10.1 Å². The Balaban J connectivity index is 2.05. The van der Waals surface area contributed by atoms with Crippen LogP contribution in [0.15, 0.2) is 48.5 Å². The second-order valence-electron chi connectivity index (χ2n) is 5.28. The summed E-state index contributed by atoms with van der Waals surface area (Å²) in [6.07, 6.45) is 1.23. The summed E-state index contributed by atoms with van der Waals surface area (Å²) in [5.41, 5.74) is 2.26. The van der Waals surface area contributed by atoms with Gasteiger partial charge in [-0.05, 0) is 50.1 Å². The van der Waals surface area contributed by atoms with E-state index in [1.54, 1.807) is 0 Å². The Bertz CT molecular complexity index is 568. The Labute approximate surface area is 132 Å². The molecular formula is C18H22ClNO. The minimum Gasteiger partial charge on any atom is -0.491 e. The largest absolute Gasteiger partial charge is 0.491 e. The molecule has 2 rings (SSSR count). The molecular weight excluding hydrogens is 282 g/mol. The van der Waals surface area contributed by atoms with Crippen LogP contribution in [0.2, 0.25) is 5.02 Å². The quantitative estimate of drug-likeness (QED) is 0.740. The molecule has 0 saturated heterocycles. The molecule has 0 fully saturated rings. The molecule has 1 N–H and O–H groups in total. The number of halogens is 1. The number of hydrogen-bond acceptors (Lipinski definition) is 2. The van der Waals surface area contributed by atoms with Crippen molar-refractivity contribution < 1.29 is 4.74 Å². The van der Waals surface area contributed by atoms with Gasteiger partial charge in [0.2, 0.25) is 0 Å². The number of hydrogen-bond donors (Lipinski definition) is 1. The van der Waals surface area contributed by atoms with Crippen molar-refractivity contribution in [1.82, 2.24) is 0 Å². The smallest absolute Gasteiger partial charge is 0.121 e. The Hall–Kier alpha value is -1.67. The van der Waals surface area contributed by atoms with Gasteiger partial charge in [-0.25, -0.2) is 0 Å². The van der Waals surface area contributed by atoms with E-state index < -0.39 is 0 Å². The number of anilines is 1. The summed E-state index contributed by atoms with van der Waals surface area (Å²) in [6.45, 7) is 6.33. The van der Waals surface area contributed by atoms with E-state index in [0.29, 0.717) is 0 Å². The van der Waals surface area contributed by atoms with Crippen LogP contribution in [-0.2, 0) is 0 Å². The number of nitrogens with one attached hydrogen (secondary N) is 1. The molecule has 0 spiro atoms. The number of rotatable bonds is 6. The molecule has 2 atom stereocenters. The maximum Gasteiger partial charge on any atom is 0.121 e. The Morgan fingerprint density at radius 1 is 1.10 bits per heavy atom. The van der Waals surface area contributed by atoms with Crippen LogP contribution in [-0.4, -0.2) is 6.10 Å². The van der Waals surface area contributed by atoms with Gasteiger partial charge in [0.25, 0.3) is 0 Å². The lowest BCUT2D eigenvalue weighted by molar-refractivity contribution is 0.217. The first kappa shape index (κ1) is 15.7. The molecule has 0 bridgehead atoms. The van der Waals surface area contributed by atoms with Gasteiger partial charge in [-0.15, -0.1) is 0 Å². The zero-order chi connectivity index (χ0) is 15.2. The average Bonchev–Trinajstić information content (AvgIpc) is 2.48. The molecule has 0 amide bonds. The molecule has 0 radical (unpaired) electrons. The van der Waals surface area contributed by atoms with Gasteiger partial charge in [0.15, 0.2) is 0 Å². The van der Waals surface area contributed by atoms with Crippen LogP contribution in [0.4, 0.5) is 5.69 Å². The SMILES string of the molecule is CCC(C)Oc1cccc(NC(C)c2ccc(Cl)cc2)c1. The van der Waals surface area contributed by atoms with E-state index in [9.17, 15) is 0 Å². The highest BCUT2D eigenvalue weighted by Crippen LogP contribution is 2.24. The van der Waals surface area contributed by atoms with Gasteiger partial charge in [-0.1, -0.05) is 36.7 Å². The fraction of sp³-hybridized carbons (Fsp3) is 0.333. The first-order chi connectivity index (χ1) is 10.1. The standard InChI is InChI=1S/C18H22ClNO/c1-4-13(2)21-18-7-5-6-17(12-18)20-14(3)15-8-10-16(19)11-9-15/h5-14,20H,4H2,1-3H3. The van der Waals surface area contributed by atoms with Crippen LogP contribution in [0, 0.1) is 0 Å². The molecule has 0 saturated carbocycles. The van der Waals surface area contributed by atoms with Crippen LogP contribution >= 0.6 is 11.6 Å². The van der Waals surface area contributed by atoms with Gasteiger partial charge in [-0.3, -0.25) is 0 Å². The maximum atomic E-state index is 5.92. The molecule has 21 heavy (non-hydrogen) atoms. The summed E-state index contributed by atoms with van der Waals surface area (Å²) >= 11 is 5.92. The van der Waals surface area contributed by atoms with Crippen molar-refractivity contribution >= 4 is 17.3 Å². The molecule has 0 aliphatic rings. The lowest BCUT2D eigenvalue weighted by atomic mass is 10.1. The van der Waals surface area contributed by atoms with Crippen LogP contribution in [0.1, 0.15) is 38.8 Å². The summed E-state index contributed by atoms with van der Waals surface area (Å²) in [6, 6.07) is 16.2. The second kappa shape index (κ2) is 7.37. The minimum absolute atomic E-state index is 0.209. The van der Waals surface area contributed by atoms with Crippen molar-refractivity contribution in [2.45, 2.75) is 39.3 Å². The Morgan fingerprint density at radius 2 is 1.81 bits per heavy atom. The molecule has 2 unspecified atom stereocenters. The van der Waals surface area contributed by atoms with Gasteiger partial charge in [0.1, 0.15) is 5.75 Å². The first-order valence-electron chi connectivity index (χ1n) is 7.37. The topological polar surface area (TPSA) is 21.3 Å². The molecule has 112 valence electrons. The lowest BCUT2D eigenvalue weighted by Gasteiger charge is -2.18. The summed E-state index contributed by atoms with van der Waals surface area (Å²) < 4.78 is 5.85. The summed E-state index contributed by atoms with van der Waals surface area (Å²) in [5, 5.41) is 4.25. The van der Waals surface area contributed by atoms with Crippen molar-refractivity contribution in [2.75, 3.05) is 5.32 Å². The van der Waals surface area contributed by atoms with E-state index in [1.165, 1.54) is 5.56 Å². The minimum atomic E-state index is 0.209. The van der Waals surface area contributed by atoms with Crippen LogP contribution < -0.4 is 10.1 Å². The zero-order valence-corrected chi connectivity index (χ0v) is 13.5. The summed E-state index contributed by atoms with van der Waals surface area (Å²) in [7, 11) is 0. The van der Waals surface area contributed by atoms with E-state index in [1.807, 2.05) is 42.5 Å². The highest BCUT2D eigenvalue weighted by atomic mass is 35.5. The molecule has 2 aromatic carbocycles. The van der Waals surface area contributed by atoms with Crippen molar-refractivity contribution in [1.29, 1.82) is 0 Å². The fourth-order valence-electron chi connectivity index (χ4n) is 2.06. The fourth-order valence-corrected chi connectivity index (χ4v) is 2.19. The predicted octanol–water partition coefficient (Wildman–Crippen LogP) is 5.69. The third-order valence-corrected chi connectivity index (χ3v) is 3.75.